The van der Waals surface area contributed by atoms with Gasteiger partial charge in [0.25, 0.3) is 5.91 Å². The molecule has 1 saturated heterocycles. The Kier molecular flexibility index (Phi) is 5.04. The molecule has 1 saturated carbocycles. The van der Waals surface area contributed by atoms with E-state index >= 15 is 0 Å². The van der Waals surface area contributed by atoms with Gasteiger partial charge in [-0.05, 0) is 36.5 Å². The molecule has 1 aromatic carbocycles. The molecular weight excluding hydrogens is 400 g/mol. The fourth-order valence-electron chi connectivity index (χ4n) is 4.40. The van der Waals surface area contributed by atoms with Crippen molar-refractivity contribution in [2.45, 2.75) is 6.42 Å². The summed E-state index contributed by atoms with van der Waals surface area (Å²) in [7, 11) is 1.44. The van der Waals surface area contributed by atoms with Gasteiger partial charge in [-0.1, -0.05) is 23.8 Å². The first kappa shape index (κ1) is 19.4. The fourth-order valence-corrected chi connectivity index (χ4v) is 4.58. The van der Waals surface area contributed by atoms with Gasteiger partial charge in [0.1, 0.15) is 12.3 Å². The van der Waals surface area contributed by atoms with E-state index in [1.165, 1.54) is 13.2 Å². The van der Waals surface area contributed by atoms with E-state index in [1.54, 1.807) is 12.1 Å². The molecule has 0 radical (unpaired) electrons. The van der Waals surface area contributed by atoms with Crippen LogP contribution < -0.4 is 10.1 Å². The lowest BCUT2D eigenvalue weighted by atomic mass is 9.85. The number of hydrogen-bond acceptors (Lipinski definition) is 6. The van der Waals surface area contributed by atoms with Crippen LogP contribution in [0.25, 0.3) is 0 Å². The largest absolute Gasteiger partial charge is 0.495 e. The van der Waals surface area contributed by atoms with Crippen molar-refractivity contribution >= 4 is 41.0 Å². The molecule has 3 amide bonds. The zero-order chi connectivity index (χ0) is 20.7. The minimum atomic E-state index is -0.819. The van der Waals surface area contributed by atoms with Gasteiger partial charge < -0.3 is 14.8 Å². The highest BCUT2D eigenvalue weighted by molar-refractivity contribution is 6.31. The van der Waals surface area contributed by atoms with E-state index in [0.29, 0.717) is 16.5 Å². The van der Waals surface area contributed by atoms with Crippen molar-refractivity contribution < 1.29 is 28.7 Å². The number of esters is 1. The SMILES string of the molecule is COc1ccc(Cl)cc1NC(=O)COC(=O)CN1C(=O)[C@@H]2[C@H](C1=O)[C@H]1C=C[C@H]2C1. The van der Waals surface area contributed by atoms with Crippen molar-refractivity contribution in [3.05, 3.63) is 35.4 Å². The van der Waals surface area contributed by atoms with Gasteiger partial charge in [0.2, 0.25) is 11.8 Å². The molecule has 1 aliphatic heterocycles. The van der Waals surface area contributed by atoms with Crippen molar-refractivity contribution in [1.82, 2.24) is 4.90 Å². The first-order chi connectivity index (χ1) is 13.9. The Morgan fingerprint density at radius 2 is 1.83 bits per heavy atom. The number of nitrogens with one attached hydrogen (secondary N) is 1. The molecular formula is C20H19ClN2O6. The van der Waals surface area contributed by atoms with Crippen LogP contribution in [0.5, 0.6) is 5.75 Å². The Balaban J connectivity index is 1.31. The quantitative estimate of drug-likeness (QED) is 0.428. The van der Waals surface area contributed by atoms with Crippen LogP contribution in [-0.4, -0.2) is 48.9 Å². The van der Waals surface area contributed by atoms with Crippen LogP contribution in [0.1, 0.15) is 6.42 Å². The molecule has 29 heavy (non-hydrogen) atoms. The molecule has 4 atom stereocenters. The first-order valence-corrected chi connectivity index (χ1v) is 9.59. The number of ether oxygens (including phenoxy) is 2. The lowest BCUT2D eigenvalue weighted by Gasteiger charge is -2.16. The summed E-state index contributed by atoms with van der Waals surface area (Å²) in [5.74, 6) is -2.28. The van der Waals surface area contributed by atoms with Gasteiger partial charge in [-0.3, -0.25) is 24.1 Å². The average Bonchev–Trinajstić information content (AvgIpc) is 3.37. The second-order valence-electron chi connectivity index (χ2n) is 7.32. The number of anilines is 1. The Hall–Kier alpha value is -2.87. The maximum Gasteiger partial charge on any atom is 0.326 e. The molecule has 9 heteroatoms. The molecule has 2 aliphatic carbocycles. The van der Waals surface area contributed by atoms with Gasteiger partial charge in [-0.25, -0.2) is 0 Å². The van der Waals surface area contributed by atoms with Crippen LogP contribution in [0, 0.1) is 23.7 Å². The summed E-state index contributed by atoms with van der Waals surface area (Å²) in [6.45, 7) is -1.05. The molecule has 2 bridgehead atoms. The minimum absolute atomic E-state index is 0.0703. The average molecular weight is 419 g/mol. The number of imide groups is 1. The summed E-state index contributed by atoms with van der Waals surface area (Å²) in [6, 6.07) is 4.70. The zero-order valence-electron chi connectivity index (χ0n) is 15.6. The highest BCUT2D eigenvalue weighted by Gasteiger charge is 2.59. The number of amides is 3. The van der Waals surface area contributed by atoms with Crippen LogP contribution in [-0.2, 0) is 23.9 Å². The number of likely N-dealkylation sites (tertiary alicyclic amines) is 1. The summed E-state index contributed by atoms with van der Waals surface area (Å²) in [6.07, 6.45) is 4.78. The maximum atomic E-state index is 12.6. The zero-order valence-corrected chi connectivity index (χ0v) is 16.3. The molecule has 0 unspecified atom stereocenters. The Morgan fingerprint density at radius 1 is 1.17 bits per heavy atom. The third-order valence-corrected chi connectivity index (χ3v) is 5.88. The van der Waals surface area contributed by atoms with Gasteiger partial charge in [-0.2, -0.15) is 0 Å². The number of benzene rings is 1. The van der Waals surface area contributed by atoms with E-state index < -0.39 is 25.0 Å². The maximum absolute atomic E-state index is 12.6. The van der Waals surface area contributed by atoms with E-state index in [2.05, 4.69) is 5.32 Å². The highest BCUT2D eigenvalue weighted by atomic mass is 35.5. The van der Waals surface area contributed by atoms with E-state index in [4.69, 9.17) is 21.1 Å². The summed E-state index contributed by atoms with van der Waals surface area (Å²) >= 11 is 5.91. The Bertz CT molecular complexity index is 900. The number of halogens is 1. The van der Waals surface area contributed by atoms with Crippen molar-refractivity contribution in [2.75, 3.05) is 25.6 Å². The minimum Gasteiger partial charge on any atom is -0.495 e. The highest BCUT2D eigenvalue weighted by Crippen LogP contribution is 2.52. The Morgan fingerprint density at radius 3 is 2.45 bits per heavy atom. The number of carbonyl (C=O) groups is 4. The van der Waals surface area contributed by atoms with Crippen molar-refractivity contribution in [2.24, 2.45) is 23.7 Å². The van der Waals surface area contributed by atoms with Crippen LogP contribution in [0.3, 0.4) is 0 Å². The predicted octanol–water partition coefficient (Wildman–Crippen LogP) is 1.64. The lowest BCUT2D eigenvalue weighted by molar-refractivity contribution is -0.154. The second-order valence-corrected chi connectivity index (χ2v) is 7.75. The van der Waals surface area contributed by atoms with Gasteiger partial charge in [0, 0.05) is 5.02 Å². The monoisotopic (exact) mass is 418 g/mol. The topological polar surface area (TPSA) is 102 Å². The van der Waals surface area contributed by atoms with Gasteiger partial charge >= 0.3 is 5.97 Å². The molecule has 8 nitrogen and oxygen atoms in total. The molecule has 0 spiro atoms. The molecule has 1 N–H and O–H groups in total. The number of allylic oxidation sites excluding steroid dienone is 2. The van der Waals surface area contributed by atoms with Crippen molar-refractivity contribution in [1.29, 1.82) is 0 Å². The van der Waals surface area contributed by atoms with Crippen LogP contribution in [0.15, 0.2) is 30.4 Å². The molecule has 152 valence electrons. The number of rotatable bonds is 6. The first-order valence-electron chi connectivity index (χ1n) is 9.21. The van der Waals surface area contributed by atoms with E-state index in [1.807, 2.05) is 12.2 Å². The van der Waals surface area contributed by atoms with Gasteiger partial charge in [-0.15, -0.1) is 0 Å². The smallest absolute Gasteiger partial charge is 0.326 e. The summed E-state index contributed by atoms with van der Waals surface area (Å²) in [4.78, 5) is 50.3. The number of fused-ring (bicyclic) bond motifs is 5. The fraction of sp³-hybridized carbons (Fsp3) is 0.400. The van der Waals surface area contributed by atoms with Crippen LogP contribution in [0.2, 0.25) is 5.02 Å². The Labute approximate surface area is 171 Å². The van der Waals surface area contributed by atoms with E-state index in [-0.39, 0.29) is 35.5 Å². The summed E-state index contributed by atoms with van der Waals surface area (Å²) in [5, 5.41) is 2.94. The summed E-state index contributed by atoms with van der Waals surface area (Å²) < 4.78 is 10.1. The standard InChI is InChI=1S/C20H19ClN2O6/c1-28-14-5-4-12(21)7-13(14)22-15(24)9-29-16(25)8-23-19(26)17-10-2-3-11(6-10)18(17)20(23)27/h2-5,7,10-11,17-18H,6,8-9H2,1H3,(H,22,24)/t10-,11-,17-,18+/m0/s1. The lowest BCUT2D eigenvalue weighted by Crippen LogP contribution is -2.38. The third-order valence-electron chi connectivity index (χ3n) is 5.65. The van der Waals surface area contributed by atoms with Crippen LogP contribution in [0.4, 0.5) is 5.69 Å². The van der Waals surface area contributed by atoms with E-state index in [9.17, 15) is 19.2 Å². The second kappa shape index (κ2) is 7.51. The number of hydrogen-bond donors (Lipinski definition) is 1. The van der Waals surface area contributed by atoms with Crippen molar-refractivity contribution in [3.8, 4) is 5.75 Å². The predicted molar refractivity (Wildman–Crippen MR) is 102 cm³/mol. The molecule has 3 aliphatic rings. The molecule has 2 fully saturated rings. The molecule has 1 aromatic rings. The third kappa shape index (κ3) is 3.48. The molecule has 0 aromatic heterocycles. The van der Waals surface area contributed by atoms with Crippen LogP contribution >= 0.6 is 11.6 Å². The van der Waals surface area contributed by atoms with Gasteiger partial charge in [0.15, 0.2) is 6.61 Å². The normalized spacial score (nSPS) is 26.6. The summed E-state index contributed by atoms with van der Waals surface area (Å²) in [5.41, 5.74) is 0.335. The molecule has 1 heterocycles. The van der Waals surface area contributed by atoms with E-state index in [0.717, 1.165) is 11.3 Å². The number of nitrogens with zero attached hydrogens (tertiary/aromatic N) is 1. The molecule has 4 rings (SSSR count). The van der Waals surface area contributed by atoms with Gasteiger partial charge in [0.05, 0.1) is 24.6 Å². The number of methoxy groups -OCH3 is 1. The van der Waals surface area contributed by atoms with Crippen molar-refractivity contribution in [3.63, 3.8) is 0 Å². The number of carbonyl (C=O) groups excluding carboxylic acids is 4.